The maximum atomic E-state index is 12.4. The Kier molecular flexibility index (Phi) is 4.48. The van der Waals surface area contributed by atoms with E-state index in [2.05, 4.69) is 16.4 Å². The summed E-state index contributed by atoms with van der Waals surface area (Å²) in [6.07, 6.45) is 0. The number of aromatic nitrogens is 1. The number of carbonyl (C=O) groups excluding carboxylic acids is 1. The van der Waals surface area contributed by atoms with Gasteiger partial charge in [-0.15, -0.1) is 0 Å². The Balaban J connectivity index is 1.59. The third kappa shape index (κ3) is 3.41. The van der Waals surface area contributed by atoms with Crippen LogP contribution in [0.5, 0.6) is 5.75 Å². The van der Waals surface area contributed by atoms with Crippen molar-refractivity contribution in [2.75, 3.05) is 12.4 Å². The van der Waals surface area contributed by atoms with Crippen molar-refractivity contribution in [2.45, 2.75) is 0 Å². The first-order valence-electron chi connectivity index (χ1n) is 8.53. The number of oxazole rings is 1. The average Bonchev–Trinajstić information content (AvgIpc) is 3.15. The van der Waals surface area contributed by atoms with E-state index in [1.807, 2.05) is 24.3 Å². The number of nitriles is 1. The van der Waals surface area contributed by atoms with Crippen molar-refractivity contribution in [3.8, 4) is 22.9 Å². The molecule has 3 aromatic carbocycles. The predicted molar refractivity (Wildman–Crippen MR) is 105 cm³/mol. The van der Waals surface area contributed by atoms with Crippen molar-refractivity contribution in [1.82, 2.24) is 4.98 Å². The lowest BCUT2D eigenvalue weighted by Crippen LogP contribution is -2.12. The van der Waals surface area contributed by atoms with Crippen molar-refractivity contribution in [1.29, 1.82) is 5.26 Å². The van der Waals surface area contributed by atoms with Gasteiger partial charge in [0.1, 0.15) is 11.3 Å². The number of carbonyl (C=O) groups is 1. The van der Waals surface area contributed by atoms with Crippen LogP contribution in [0.1, 0.15) is 15.9 Å². The minimum Gasteiger partial charge on any atom is -0.497 e. The molecule has 0 saturated heterocycles. The minimum atomic E-state index is -0.335. The molecule has 136 valence electrons. The third-order valence-electron chi connectivity index (χ3n) is 4.29. The zero-order valence-electron chi connectivity index (χ0n) is 15.0. The standard InChI is InChI=1S/C22H15N3O3/c1-27-18-4-2-3-17(11-18)21(26)25-22-24-19-12-16(9-10-20(19)28-22)15-7-5-14(13-23)6-8-15/h2-12H,1H3,(H,24,25,26). The molecule has 4 rings (SSSR count). The summed E-state index contributed by atoms with van der Waals surface area (Å²) in [7, 11) is 1.54. The molecule has 0 unspecified atom stereocenters. The fourth-order valence-electron chi connectivity index (χ4n) is 2.83. The highest BCUT2D eigenvalue weighted by molar-refractivity contribution is 6.03. The summed E-state index contributed by atoms with van der Waals surface area (Å²) in [6.45, 7) is 0. The van der Waals surface area contributed by atoms with Crippen molar-refractivity contribution in [3.05, 3.63) is 77.9 Å². The van der Waals surface area contributed by atoms with Crippen LogP contribution < -0.4 is 10.1 Å². The van der Waals surface area contributed by atoms with E-state index in [1.165, 1.54) is 0 Å². The summed E-state index contributed by atoms with van der Waals surface area (Å²) in [5.41, 5.74) is 4.15. The fourth-order valence-corrected chi connectivity index (χ4v) is 2.83. The largest absolute Gasteiger partial charge is 0.497 e. The number of anilines is 1. The van der Waals surface area contributed by atoms with Crippen molar-refractivity contribution < 1.29 is 13.9 Å². The summed E-state index contributed by atoms with van der Waals surface area (Å²) < 4.78 is 10.8. The van der Waals surface area contributed by atoms with Gasteiger partial charge in [-0.25, -0.2) is 0 Å². The van der Waals surface area contributed by atoms with Crippen LogP contribution in [0.25, 0.3) is 22.2 Å². The van der Waals surface area contributed by atoms with Gasteiger partial charge >= 0.3 is 6.01 Å². The quantitative estimate of drug-likeness (QED) is 0.567. The lowest BCUT2D eigenvalue weighted by atomic mass is 10.0. The molecule has 1 N–H and O–H groups in total. The van der Waals surface area contributed by atoms with E-state index in [-0.39, 0.29) is 11.9 Å². The van der Waals surface area contributed by atoms with Gasteiger partial charge in [0, 0.05) is 5.56 Å². The number of methoxy groups -OCH3 is 1. The van der Waals surface area contributed by atoms with E-state index in [9.17, 15) is 4.79 Å². The fraction of sp³-hybridized carbons (Fsp3) is 0.0455. The first kappa shape index (κ1) is 17.3. The molecule has 1 heterocycles. The van der Waals surface area contributed by atoms with Gasteiger partial charge in [-0.2, -0.15) is 10.2 Å². The van der Waals surface area contributed by atoms with Gasteiger partial charge in [-0.05, 0) is 53.6 Å². The lowest BCUT2D eigenvalue weighted by Gasteiger charge is -2.03. The van der Waals surface area contributed by atoms with Gasteiger partial charge in [0.2, 0.25) is 0 Å². The third-order valence-corrected chi connectivity index (χ3v) is 4.29. The van der Waals surface area contributed by atoms with Gasteiger partial charge in [-0.1, -0.05) is 24.3 Å². The molecule has 1 amide bonds. The van der Waals surface area contributed by atoms with E-state index in [4.69, 9.17) is 14.4 Å². The maximum Gasteiger partial charge on any atom is 0.302 e. The van der Waals surface area contributed by atoms with Gasteiger partial charge in [0.05, 0.1) is 18.7 Å². The molecule has 1 aromatic heterocycles. The van der Waals surface area contributed by atoms with Crippen LogP contribution in [0.4, 0.5) is 6.01 Å². The number of nitrogens with one attached hydrogen (secondary N) is 1. The summed E-state index contributed by atoms with van der Waals surface area (Å²) in [6, 6.07) is 21.9. The van der Waals surface area contributed by atoms with E-state index >= 15 is 0 Å². The molecule has 6 nitrogen and oxygen atoms in total. The number of hydrogen-bond acceptors (Lipinski definition) is 5. The number of rotatable bonds is 4. The molecule has 0 bridgehead atoms. The molecule has 0 radical (unpaired) electrons. The van der Waals surface area contributed by atoms with Crippen LogP contribution >= 0.6 is 0 Å². The van der Waals surface area contributed by atoms with Crippen LogP contribution in [-0.4, -0.2) is 18.0 Å². The van der Waals surface area contributed by atoms with Crippen molar-refractivity contribution in [3.63, 3.8) is 0 Å². The SMILES string of the molecule is COc1cccc(C(=O)Nc2nc3cc(-c4ccc(C#N)cc4)ccc3o2)c1. The second-order valence-electron chi connectivity index (χ2n) is 6.08. The molecule has 0 spiro atoms. The molecule has 0 saturated carbocycles. The number of hydrogen-bond donors (Lipinski definition) is 1. The second kappa shape index (κ2) is 7.25. The first-order valence-corrected chi connectivity index (χ1v) is 8.53. The highest BCUT2D eigenvalue weighted by atomic mass is 16.5. The highest BCUT2D eigenvalue weighted by Gasteiger charge is 2.13. The predicted octanol–water partition coefficient (Wildman–Crippen LogP) is 4.63. The van der Waals surface area contributed by atoms with Crippen LogP contribution in [0.15, 0.2) is 71.1 Å². The van der Waals surface area contributed by atoms with Crippen LogP contribution in [0.3, 0.4) is 0 Å². The first-order chi connectivity index (χ1) is 13.7. The smallest absolute Gasteiger partial charge is 0.302 e. The van der Waals surface area contributed by atoms with Crippen molar-refractivity contribution in [2.24, 2.45) is 0 Å². The number of amides is 1. The Morgan fingerprint density at radius 1 is 1.07 bits per heavy atom. The molecule has 0 aliphatic rings. The van der Waals surface area contributed by atoms with E-state index in [0.717, 1.165) is 11.1 Å². The number of nitrogens with zero attached hydrogens (tertiary/aromatic N) is 2. The Bertz CT molecular complexity index is 1200. The van der Waals surface area contributed by atoms with Crippen LogP contribution in [0, 0.1) is 11.3 Å². The molecule has 6 heteroatoms. The summed E-state index contributed by atoms with van der Waals surface area (Å²) in [5.74, 6) is 0.259. The molecular formula is C22H15N3O3. The molecule has 0 atom stereocenters. The molecular weight excluding hydrogens is 354 g/mol. The Hall–Kier alpha value is -4.11. The Morgan fingerprint density at radius 3 is 2.61 bits per heavy atom. The average molecular weight is 369 g/mol. The lowest BCUT2D eigenvalue weighted by molar-refractivity contribution is 0.102. The normalized spacial score (nSPS) is 10.4. The Labute approximate surface area is 161 Å². The zero-order valence-corrected chi connectivity index (χ0v) is 15.0. The van der Waals surface area contributed by atoms with Crippen LogP contribution in [-0.2, 0) is 0 Å². The minimum absolute atomic E-state index is 0.125. The molecule has 0 aliphatic carbocycles. The molecule has 4 aromatic rings. The van der Waals surface area contributed by atoms with Gasteiger partial charge < -0.3 is 9.15 Å². The molecule has 0 fully saturated rings. The summed E-state index contributed by atoms with van der Waals surface area (Å²) >= 11 is 0. The van der Waals surface area contributed by atoms with Gasteiger partial charge in [-0.3, -0.25) is 10.1 Å². The van der Waals surface area contributed by atoms with E-state index in [1.54, 1.807) is 49.6 Å². The monoisotopic (exact) mass is 369 g/mol. The number of fused-ring (bicyclic) bond motifs is 1. The topological polar surface area (TPSA) is 88.1 Å². The number of benzene rings is 3. The van der Waals surface area contributed by atoms with Crippen LogP contribution in [0.2, 0.25) is 0 Å². The van der Waals surface area contributed by atoms with E-state index < -0.39 is 0 Å². The molecule has 28 heavy (non-hydrogen) atoms. The van der Waals surface area contributed by atoms with Gasteiger partial charge in [0.15, 0.2) is 5.58 Å². The van der Waals surface area contributed by atoms with E-state index in [0.29, 0.717) is 28.0 Å². The Morgan fingerprint density at radius 2 is 1.86 bits per heavy atom. The summed E-state index contributed by atoms with van der Waals surface area (Å²) in [4.78, 5) is 16.8. The van der Waals surface area contributed by atoms with Crippen molar-refractivity contribution >= 4 is 23.0 Å². The highest BCUT2D eigenvalue weighted by Crippen LogP contribution is 2.26. The van der Waals surface area contributed by atoms with Gasteiger partial charge in [0.25, 0.3) is 5.91 Å². The number of ether oxygens (including phenoxy) is 1. The zero-order chi connectivity index (χ0) is 19.5. The summed E-state index contributed by atoms with van der Waals surface area (Å²) in [5, 5.41) is 11.6. The second-order valence-corrected chi connectivity index (χ2v) is 6.08. The molecule has 0 aliphatic heterocycles. The maximum absolute atomic E-state index is 12.4.